The molecule has 0 unspecified atom stereocenters. The number of nitrogens with zero attached hydrogens (tertiary/aromatic N) is 2. The summed E-state index contributed by atoms with van der Waals surface area (Å²) < 4.78 is 0. The lowest BCUT2D eigenvalue weighted by Gasteiger charge is -2.07. The molecule has 0 spiro atoms. The van der Waals surface area contributed by atoms with E-state index in [2.05, 4.69) is 22.4 Å². The molecular formula is C10H17N3O. The van der Waals surface area contributed by atoms with Crippen molar-refractivity contribution in [2.24, 2.45) is 0 Å². The zero-order chi connectivity index (χ0) is 10.4. The molecule has 0 aliphatic rings. The minimum absolute atomic E-state index is 0.166. The standard InChI is InChI=1S/C10H17N3O/c1-3-10-9(7-11-4-5-14)6-8(2)12-13-10/h6,11,14H,3-5,7H2,1-2H3. The van der Waals surface area contributed by atoms with Gasteiger partial charge in [0.25, 0.3) is 0 Å². The van der Waals surface area contributed by atoms with Crippen LogP contribution in [-0.2, 0) is 13.0 Å². The third-order valence-electron chi connectivity index (χ3n) is 2.02. The Kier molecular flexibility index (Phi) is 4.49. The van der Waals surface area contributed by atoms with Gasteiger partial charge in [0.05, 0.1) is 18.0 Å². The molecular weight excluding hydrogens is 178 g/mol. The Balaban J connectivity index is 2.67. The maximum atomic E-state index is 8.63. The molecule has 4 heteroatoms. The highest BCUT2D eigenvalue weighted by atomic mass is 16.3. The average molecular weight is 195 g/mol. The van der Waals surface area contributed by atoms with Crippen LogP contribution < -0.4 is 5.32 Å². The van der Waals surface area contributed by atoms with Gasteiger partial charge in [0.2, 0.25) is 0 Å². The van der Waals surface area contributed by atoms with Gasteiger partial charge in [-0.25, -0.2) is 0 Å². The molecule has 0 saturated heterocycles. The van der Waals surface area contributed by atoms with Gasteiger partial charge < -0.3 is 10.4 Å². The first-order valence-corrected chi connectivity index (χ1v) is 4.91. The Hall–Kier alpha value is -1.00. The number of nitrogens with one attached hydrogen (secondary N) is 1. The van der Waals surface area contributed by atoms with Gasteiger partial charge in [-0.05, 0) is 25.0 Å². The van der Waals surface area contributed by atoms with Crippen molar-refractivity contribution in [1.29, 1.82) is 0 Å². The average Bonchev–Trinajstić information content (AvgIpc) is 2.19. The molecule has 78 valence electrons. The van der Waals surface area contributed by atoms with E-state index in [1.807, 2.05) is 13.0 Å². The van der Waals surface area contributed by atoms with Gasteiger partial charge in [0.1, 0.15) is 0 Å². The minimum Gasteiger partial charge on any atom is -0.395 e. The summed E-state index contributed by atoms with van der Waals surface area (Å²) in [6.07, 6.45) is 0.892. The number of aliphatic hydroxyl groups is 1. The van der Waals surface area contributed by atoms with Crippen molar-refractivity contribution in [2.75, 3.05) is 13.2 Å². The quantitative estimate of drug-likeness (QED) is 0.669. The van der Waals surface area contributed by atoms with E-state index < -0.39 is 0 Å². The Labute approximate surface area is 84.4 Å². The summed E-state index contributed by atoms with van der Waals surface area (Å²) in [5, 5.41) is 19.9. The second-order valence-corrected chi connectivity index (χ2v) is 3.21. The van der Waals surface area contributed by atoms with E-state index in [-0.39, 0.29) is 6.61 Å². The fourth-order valence-electron chi connectivity index (χ4n) is 1.32. The Morgan fingerprint density at radius 1 is 1.43 bits per heavy atom. The molecule has 0 amide bonds. The molecule has 4 nitrogen and oxygen atoms in total. The van der Waals surface area contributed by atoms with E-state index >= 15 is 0 Å². The summed E-state index contributed by atoms with van der Waals surface area (Å²) in [5.41, 5.74) is 3.14. The molecule has 1 aromatic heterocycles. The zero-order valence-electron chi connectivity index (χ0n) is 8.75. The van der Waals surface area contributed by atoms with Crippen LogP contribution in [0.5, 0.6) is 0 Å². The van der Waals surface area contributed by atoms with Crippen molar-refractivity contribution >= 4 is 0 Å². The van der Waals surface area contributed by atoms with Crippen molar-refractivity contribution in [3.63, 3.8) is 0 Å². The van der Waals surface area contributed by atoms with Crippen molar-refractivity contribution < 1.29 is 5.11 Å². The lowest BCUT2D eigenvalue weighted by molar-refractivity contribution is 0.292. The summed E-state index contributed by atoms with van der Waals surface area (Å²) in [6, 6.07) is 2.04. The highest BCUT2D eigenvalue weighted by molar-refractivity contribution is 5.20. The van der Waals surface area contributed by atoms with Crippen molar-refractivity contribution in [2.45, 2.75) is 26.8 Å². The second-order valence-electron chi connectivity index (χ2n) is 3.21. The molecule has 0 bridgehead atoms. The molecule has 0 atom stereocenters. The first-order chi connectivity index (χ1) is 6.77. The highest BCUT2D eigenvalue weighted by Crippen LogP contribution is 2.06. The fourth-order valence-corrected chi connectivity index (χ4v) is 1.32. The molecule has 0 fully saturated rings. The molecule has 0 aromatic carbocycles. The number of aromatic nitrogens is 2. The Bertz CT molecular complexity index is 289. The van der Waals surface area contributed by atoms with Crippen molar-refractivity contribution in [3.8, 4) is 0 Å². The second kappa shape index (κ2) is 5.67. The maximum Gasteiger partial charge on any atom is 0.0673 e. The lowest BCUT2D eigenvalue weighted by Crippen LogP contribution is -2.19. The molecule has 1 aromatic rings. The van der Waals surface area contributed by atoms with E-state index in [1.165, 1.54) is 5.56 Å². The molecule has 0 saturated carbocycles. The van der Waals surface area contributed by atoms with Crippen LogP contribution in [0.2, 0.25) is 0 Å². The van der Waals surface area contributed by atoms with E-state index in [0.717, 1.165) is 24.4 Å². The summed E-state index contributed by atoms with van der Waals surface area (Å²) in [6.45, 7) is 5.53. The molecule has 0 aliphatic heterocycles. The van der Waals surface area contributed by atoms with Crippen molar-refractivity contribution in [3.05, 3.63) is 23.0 Å². The van der Waals surface area contributed by atoms with Crippen LogP contribution in [0, 0.1) is 6.92 Å². The number of aliphatic hydroxyl groups excluding tert-OH is 1. The molecule has 0 radical (unpaired) electrons. The van der Waals surface area contributed by atoms with Crippen LogP contribution in [0.4, 0.5) is 0 Å². The van der Waals surface area contributed by atoms with Crippen LogP contribution in [0.25, 0.3) is 0 Å². The van der Waals surface area contributed by atoms with Crippen LogP contribution in [0.3, 0.4) is 0 Å². The van der Waals surface area contributed by atoms with Gasteiger partial charge >= 0.3 is 0 Å². The third kappa shape index (κ3) is 3.05. The van der Waals surface area contributed by atoms with E-state index in [4.69, 9.17) is 5.11 Å². The van der Waals surface area contributed by atoms with Gasteiger partial charge in [-0.15, -0.1) is 0 Å². The van der Waals surface area contributed by atoms with E-state index in [0.29, 0.717) is 6.54 Å². The van der Waals surface area contributed by atoms with Gasteiger partial charge in [0.15, 0.2) is 0 Å². The van der Waals surface area contributed by atoms with Crippen LogP contribution >= 0.6 is 0 Å². The van der Waals surface area contributed by atoms with Gasteiger partial charge in [-0.1, -0.05) is 6.92 Å². The molecule has 1 heterocycles. The van der Waals surface area contributed by atoms with Crippen LogP contribution in [-0.4, -0.2) is 28.5 Å². The highest BCUT2D eigenvalue weighted by Gasteiger charge is 2.02. The minimum atomic E-state index is 0.166. The topological polar surface area (TPSA) is 58.0 Å². The lowest BCUT2D eigenvalue weighted by atomic mass is 10.1. The first-order valence-electron chi connectivity index (χ1n) is 4.91. The smallest absolute Gasteiger partial charge is 0.0673 e. The molecule has 14 heavy (non-hydrogen) atoms. The summed E-state index contributed by atoms with van der Waals surface area (Å²) in [7, 11) is 0. The van der Waals surface area contributed by atoms with Crippen LogP contribution in [0.15, 0.2) is 6.07 Å². The van der Waals surface area contributed by atoms with Crippen LogP contribution in [0.1, 0.15) is 23.9 Å². The van der Waals surface area contributed by atoms with E-state index in [1.54, 1.807) is 0 Å². The predicted molar refractivity (Wildman–Crippen MR) is 54.9 cm³/mol. The summed E-state index contributed by atoms with van der Waals surface area (Å²) in [4.78, 5) is 0. The molecule has 2 N–H and O–H groups in total. The number of hydrogen-bond acceptors (Lipinski definition) is 4. The number of aryl methyl sites for hydroxylation is 2. The Morgan fingerprint density at radius 3 is 2.86 bits per heavy atom. The molecule has 0 aliphatic carbocycles. The van der Waals surface area contributed by atoms with Crippen molar-refractivity contribution in [1.82, 2.24) is 15.5 Å². The molecule has 1 rings (SSSR count). The monoisotopic (exact) mass is 195 g/mol. The fraction of sp³-hybridized carbons (Fsp3) is 0.600. The maximum absolute atomic E-state index is 8.63. The third-order valence-corrected chi connectivity index (χ3v) is 2.02. The SMILES string of the molecule is CCc1nnc(C)cc1CNCCO. The largest absolute Gasteiger partial charge is 0.395 e. The number of rotatable bonds is 5. The number of hydrogen-bond donors (Lipinski definition) is 2. The predicted octanol–water partition coefficient (Wildman–Crippen LogP) is 0.429. The summed E-state index contributed by atoms with van der Waals surface area (Å²) in [5.74, 6) is 0. The summed E-state index contributed by atoms with van der Waals surface area (Å²) >= 11 is 0. The normalized spacial score (nSPS) is 10.5. The van der Waals surface area contributed by atoms with E-state index in [9.17, 15) is 0 Å². The zero-order valence-corrected chi connectivity index (χ0v) is 8.75. The van der Waals surface area contributed by atoms with Gasteiger partial charge in [-0.3, -0.25) is 0 Å². The Morgan fingerprint density at radius 2 is 2.21 bits per heavy atom. The van der Waals surface area contributed by atoms with Gasteiger partial charge in [0, 0.05) is 13.1 Å². The van der Waals surface area contributed by atoms with Gasteiger partial charge in [-0.2, -0.15) is 10.2 Å². The first kappa shape index (κ1) is 11.1.